The van der Waals surface area contributed by atoms with Gasteiger partial charge in [0, 0.05) is 59.3 Å². The number of benzene rings is 1. The van der Waals surface area contributed by atoms with Crippen LogP contribution in [-0.4, -0.2) is 59.7 Å². The number of hydrogen-bond donors (Lipinski definition) is 1. The largest absolute Gasteiger partial charge is 0.475 e. The minimum Gasteiger partial charge on any atom is -0.475 e. The van der Waals surface area contributed by atoms with E-state index in [1.165, 1.54) is 5.56 Å². The Labute approximate surface area is 236 Å². The van der Waals surface area contributed by atoms with Crippen LogP contribution in [0.4, 0.5) is 0 Å². The topological polar surface area (TPSA) is 110 Å². The molecule has 0 amide bonds. The van der Waals surface area contributed by atoms with Crippen molar-refractivity contribution in [3.05, 3.63) is 47.9 Å². The number of piperidine rings is 1. The first-order valence-corrected chi connectivity index (χ1v) is 14.5. The molecular formula is C31H30N8O2. The summed E-state index contributed by atoms with van der Waals surface area (Å²) in [4.78, 5) is 11.2. The monoisotopic (exact) mass is 546 g/mol. The Bertz CT molecular complexity index is 1910. The molecular weight excluding hydrogens is 516 g/mol. The summed E-state index contributed by atoms with van der Waals surface area (Å²) in [5.41, 5.74) is 8.21. The van der Waals surface area contributed by atoms with Gasteiger partial charge in [0.05, 0.1) is 60.4 Å². The molecule has 7 heterocycles. The number of nitrogens with zero attached hydrogens (tertiary/aromatic N) is 7. The molecule has 4 aliphatic rings. The summed E-state index contributed by atoms with van der Waals surface area (Å²) in [6.07, 6.45) is 10.5. The average Bonchev–Trinajstić information content (AvgIpc) is 3.46. The van der Waals surface area contributed by atoms with Gasteiger partial charge in [0.25, 0.3) is 0 Å². The van der Waals surface area contributed by atoms with E-state index >= 15 is 0 Å². The number of aromatic amines is 1. The van der Waals surface area contributed by atoms with Crippen molar-refractivity contribution in [1.82, 2.24) is 34.4 Å². The van der Waals surface area contributed by atoms with Crippen LogP contribution in [0, 0.1) is 11.3 Å². The number of aromatic nitrogens is 6. The first-order chi connectivity index (χ1) is 20.1. The highest BCUT2D eigenvalue weighted by Crippen LogP contribution is 2.54. The van der Waals surface area contributed by atoms with E-state index in [1.54, 1.807) is 0 Å². The number of pyridine rings is 1. The van der Waals surface area contributed by atoms with Crippen molar-refractivity contribution in [1.29, 1.82) is 5.26 Å². The molecule has 3 aliphatic heterocycles. The maximum atomic E-state index is 9.44. The van der Waals surface area contributed by atoms with Crippen LogP contribution < -0.4 is 4.74 Å². The van der Waals surface area contributed by atoms with Gasteiger partial charge in [-0.1, -0.05) is 6.07 Å². The Morgan fingerprint density at radius 3 is 2.78 bits per heavy atom. The molecule has 9 rings (SSSR count). The van der Waals surface area contributed by atoms with Crippen LogP contribution in [0.15, 0.2) is 36.8 Å². The molecule has 10 nitrogen and oxygen atoms in total. The maximum Gasteiger partial charge on any atom is 0.221 e. The van der Waals surface area contributed by atoms with Gasteiger partial charge in [-0.3, -0.25) is 9.58 Å². The number of nitrogens with one attached hydrogen (secondary N) is 1. The van der Waals surface area contributed by atoms with Crippen LogP contribution in [0.3, 0.4) is 0 Å². The molecule has 4 aromatic heterocycles. The molecule has 5 aromatic rings. The summed E-state index contributed by atoms with van der Waals surface area (Å²) >= 11 is 0. The summed E-state index contributed by atoms with van der Waals surface area (Å²) in [6.45, 7) is 3.81. The lowest BCUT2D eigenvalue weighted by molar-refractivity contribution is -0.0855. The molecule has 0 radical (unpaired) electrons. The van der Waals surface area contributed by atoms with Gasteiger partial charge in [-0.15, -0.1) is 0 Å². The Hall–Kier alpha value is -4.20. The Balaban J connectivity index is 1.25. The summed E-state index contributed by atoms with van der Waals surface area (Å²) < 4.78 is 16.6. The van der Waals surface area contributed by atoms with Crippen molar-refractivity contribution >= 4 is 21.9 Å². The number of likely N-dealkylation sites (tertiary alicyclic amines) is 1. The lowest BCUT2D eigenvalue weighted by Gasteiger charge is -2.42. The van der Waals surface area contributed by atoms with Gasteiger partial charge in [-0.05, 0) is 43.4 Å². The Kier molecular flexibility index (Phi) is 4.69. The van der Waals surface area contributed by atoms with Crippen LogP contribution >= 0.6 is 0 Å². The highest BCUT2D eigenvalue weighted by molar-refractivity contribution is 6.06. The number of ether oxygens (including phenoxy) is 2. The van der Waals surface area contributed by atoms with E-state index in [9.17, 15) is 5.26 Å². The number of rotatable bonds is 4. The van der Waals surface area contributed by atoms with Gasteiger partial charge in [-0.25, -0.2) is 9.67 Å². The van der Waals surface area contributed by atoms with E-state index in [0.29, 0.717) is 19.6 Å². The van der Waals surface area contributed by atoms with Crippen LogP contribution in [0.25, 0.3) is 44.3 Å². The summed E-state index contributed by atoms with van der Waals surface area (Å²) in [5, 5.41) is 20.8. The normalized spacial score (nSPS) is 20.4. The van der Waals surface area contributed by atoms with Crippen LogP contribution in [0.1, 0.15) is 43.2 Å². The molecule has 1 saturated carbocycles. The smallest absolute Gasteiger partial charge is 0.221 e. The quantitative estimate of drug-likeness (QED) is 0.350. The van der Waals surface area contributed by atoms with E-state index < -0.39 is 0 Å². The SMILES string of the molecule is Cn1ncc2cc(-c3c(-c4cnn5c4OCC5)[nH]c4ncc5c(c34)C3(CCN(C4(CC#N)CC4)CC3)OC5)ccc21. The molecule has 1 spiro atoms. The van der Waals surface area contributed by atoms with Gasteiger partial charge < -0.3 is 14.5 Å². The van der Waals surface area contributed by atoms with Crippen LogP contribution in [0.5, 0.6) is 5.88 Å². The van der Waals surface area contributed by atoms with Crippen molar-refractivity contribution in [3.63, 3.8) is 0 Å². The van der Waals surface area contributed by atoms with Gasteiger partial charge in [0.15, 0.2) is 0 Å². The molecule has 2 fully saturated rings. The van der Waals surface area contributed by atoms with Crippen molar-refractivity contribution in [3.8, 4) is 34.3 Å². The molecule has 1 aromatic carbocycles. The van der Waals surface area contributed by atoms with E-state index in [-0.39, 0.29) is 11.1 Å². The van der Waals surface area contributed by atoms with Crippen molar-refractivity contribution in [2.24, 2.45) is 7.05 Å². The fourth-order valence-electron chi connectivity index (χ4n) is 7.64. The third-order valence-corrected chi connectivity index (χ3v) is 9.97. The number of H-pyrrole nitrogens is 1. The van der Waals surface area contributed by atoms with Crippen LogP contribution in [-0.2, 0) is 30.5 Å². The van der Waals surface area contributed by atoms with E-state index in [0.717, 1.165) is 101 Å². The van der Waals surface area contributed by atoms with E-state index in [1.807, 2.05) is 35.0 Å². The molecule has 1 aliphatic carbocycles. The lowest BCUT2D eigenvalue weighted by atomic mass is 9.80. The number of aryl methyl sites for hydroxylation is 1. The second kappa shape index (κ2) is 8.18. The second-order valence-corrected chi connectivity index (χ2v) is 12.1. The second-order valence-electron chi connectivity index (χ2n) is 12.1. The standard InChI is InChI=1S/C31H30N8O2/c1-37-23-3-2-19(14-20(23)16-34-37)24-25-26-21(15-33-28(25)36-27(24)22-17-35-39-12-13-40-29(22)39)18-41-31(26)7-10-38(11-8-31)30(4-5-30)6-9-32/h2-3,14-17H,4-8,10-13,18H2,1H3,(H,33,36). The van der Waals surface area contributed by atoms with Crippen molar-refractivity contribution < 1.29 is 9.47 Å². The first kappa shape index (κ1) is 23.5. The zero-order valence-corrected chi connectivity index (χ0v) is 23.0. The van der Waals surface area contributed by atoms with E-state index in [2.05, 4.69) is 44.3 Å². The average molecular weight is 547 g/mol. The molecule has 41 heavy (non-hydrogen) atoms. The van der Waals surface area contributed by atoms with Crippen molar-refractivity contribution in [2.45, 2.75) is 56.4 Å². The predicted octanol–water partition coefficient (Wildman–Crippen LogP) is 4.64. The maximum absolute atomic E-state index is 9.44. The third kappa shape index (κ3) is 3.21. The molecule has 0 bridgehead atoms. The van der Waals surface area contributed by atoms with Gasteiger partial charge >= 0.3 is 0 Å². The molecule has 1 saturated heterocycles. The molecule has 0 unspecified atom stereocenters. The number of hydrogen-bond acceptors (Lipinski definition) is 7. The summed E-state index contributed by atoms with van der Waals surface area (Å²) in [5.74, 6) is 0.795. The Morgan fingerprint density at radius 1 is 1.07 bits per heavy atom. The molecule has 206 valence electrons. The molecule has 1 N–H and O–H groups in total. The lowest BCUT2D eigenvalue weighted by Crippen LogP contribution is -2.48. The third-order valence-electron chi connectivity index (χ3n) is 9.97. The first-order valence-electron chi connectivity index (χ1n) is 14.5. The Morgan fingerprint density at radius 2 is 1.95 bits per heavy atom. The minimum atomic E-state index is -0.375. The van der Waals surface area contributed by atoms with Gasteiger partial charge in [0.1, 0.15) is 12.3 Å². The highest BCUT2D eigenvalue weighted by Gasteiger charge is 2.52. The number of fused-ring (bicyclic) bond motifs is 6. The number of nitriles is 1. The fraction of sp³-hybridized carbons (Fsp3) is 0.419. The zero-order chi connectivity index (χ0) is 27.3. The summed E-state index contributed by atoms with van der Waals surface area (Å²) in [7, 11) is 1.97. The van der Waals surface area contributed by atoms with Crippen LogP contribution in [0.2, 0.25) is 0 Å². The highest BCUT2D eigenvalue weighted by atomic mass is 16.5. The molecule has 10 heteroatoms. The molecule has 0 atom stereocenters. The van der Waals surface area contributed by atoms with Crippen molar-refractivity contribution in [2.75, 3.05) is 19.7 Å². The van der Waals surface area contributed by atoms with Gasteiger partial charge in [0.2, 0.25) is 5.88 Å². The van der Waals surface area contributed by atoms with E-state index in [4.69, 9.17) is 14.5 Å². The predicted molar refractivity (Wildman–Crippen MR) is 152 cm³/mol. The van der Waals surface area contributed by atoms with Gasteiger partial charge in [-0.2, -0.15) is 15.5 Å². The fourth-order valence-corrected chi connectivity index (χ4v) is 7.64. The minimum absolute atomic E-state index is 0.0831. The zero-order valence-electron chi connectivity index (χ0n) is 23.0. The summed E-state index contributed by atoms with van der Waals surface area (Å²) in [6, 6.07) is 8.99.